The number of anilines is 2. The second-order valence-corrected chi connectivity index (χ2v) is 10.1. The molecule has 0 spiro atoms. The fraction of sp³-hybridized carbons (Fsp3) is 0.250. The Labute approximate surface area is 166 Å². The number of rotatable bonds is 2. The van der Waals surface area contributed by atoms with Crippen LogP contribution in [0.4, 0.5) is 11.4 Å². The zero-order valence-electron chi connectivity index (χ0n) is 14.9. The first-order valence-electron chi connectivity index (χ1n) is 7.02. The van der Waals surface area contributed by atoms with Crippen LogP contribution in [0.3, 0.4) is 0 Å². The summed E-state index contributed by atoms with van der Waals surface area (Å²) >= 11 is 0. The van der Waals surface area contributed by atoms with Gasteiger partial charge in [-0.25, -0.2) is 16.8 Å². The maximum absolute atomic E-state index is 10.8. The average molecular weight is 443 g/mol. The Bertz CT molecular complexity index is 861. The molecule has 0 atom stereocenters. The average Bonchev–Trinajstić information content (AvgIpc) is 2.34. The summed E-state index contributed by atoms with van der Waals surface area (Å²) in [6, 6.07) is 15.0. The topological polar surface area (TPSA) is 106 Å². The molecule has 0 radical (unpaired) electrons. The molecular formula is C16H24Cl2N2O4S2. The molecule has 0 aliphatic rings. The predicted molar refractivity (Wildman–Crippen MR) is 113 cm³/mol. The minimum atomic E-state index is -3.19. The van der Waals surface area contributed by atoms with Gasteiger partial charge in [0.05, 0.1) is 12.5 Å². The molecule has 0 heterocycles. The first-order chi connectivity index (χ1) is 11.3. The number of halogens is 2. The predicted octanol–water partition coefficient (Wildman–Crippen LogP) is 3.55. The Balaban J connectivity index is 0. The summed E-state index contributed by atoms with van der Waals surface area (Å²) in [7, 11) is -1.84. The van der Waals surface area contributed by atoms with Gasteiger partial charge in [-0.15, -0.1) is 12.4 Å². The minimum Gasteiger partial charge on any atom is -0.399 e. The highest BCUT2D eigenvalue weighted by Crippen LogP contribution is 2.10. The van der Waals surface area contributed by atoms with Crippen molar-refractivity contribution in [2.24, 2.45) is 0 Å². The summed E-state index contributed by atoms with van der Waals surface area (Å²) in [6.45, 7) is 3.93. The first kappa shape index (κ1) is 26.7. The van der Waals surface area contributed by atoms with Gasteiger partial charge in [-0.2, -0.15) is 0 Å². The van der Waals surface area contributed by atoms with E-state index in [-0.39, 0.29) is 12.4 Å². The number of nitrogen functional groups attached to an aromatic ring is 1. The zero-order valence-corrected chi connectivity index (χ0v) is 18.1. The van der Waals surface area contributed by atoms with Gasteiger partial charge < -0.3 is 5.73 Å². The van der Waals surface area contributed by atoms with Crippen LogP contribution in [-0.2, 0) is 19.1 Å². The van der Waals surface area contributed by atoms with Crippen molar-refractivity contribution in [1.29, 1.82) is 0 Å². The first-order valence-corrected chi connectivity index (χ1v) is 11.6. The quantitative estimate of drug-likeness (QED) is 0.545. The normalized spacial score (nSPS) is 10.2. The Hall–Kier alpha value is -1.48. The molecule has 0 saturated heterocycles. The summed E-state index contributed by atoms with van der Waals surface area (Å²) in [6.07, 6.45) is 2.06. The SMILES string of the molecule is CS(=O)(=O)Cl.Cc1cccc(N)c1.Cc1cccc(NS(C)(=O)=O)c1.Cl. The molecule has 0 saturated carbocycles. The van der Waals surface area contributed by atoms with Crippen molar-refractivity contribution in [3.05, 3.63) is 59.7 Å². The van der Waals surface area contributed by atoms with Gasteiger partial charge in [0.1, 0.15) is 0 Å². The number of nitrogens with two attached hydrogens (primary N) is 1. The van der Waals surface area contributed by atoms with Crippen LogP contribution in [0.15, 0.2) is 48.5 Å². The lowest BCUT2D eigenvalue weighted by atomic mass is 10.2. The summed E-state index contributed by atoms with van der Waals surface area (Å²) in [5.41, 5.74) is 9.15. The van der Waals surface area contributed by atoms with Gasteiger partial charge in [0.25, 0.3) is 0 Å². The van der Waals surface area contributed by atoms with E-state index >= 15 is 0 Å². The third-order valence-electron chi connectivity index (χ3n) is 2.36. The highest BCUT2D eigenvalue weighted by atomic mass is 35.7. The second-order valence-electron chi connectivity index (χ2n) is 5.34. The lowest BCUT2D eigenvalue weighted by Gasteiger charge is -2.03. The number of hydrogen-bond donors (Lipinski definition) is 2. The van der Waals surface area contributed by atoms with Crippen LogP contribution in [0, 0.1) is 13.8 Å². The smallest absolute Gasteiger partial charge is 0.229 e. The van der Waals surface area contributed by atoms with Crippen molar-refractivity contribution >= 4 is 53.5 Å². The number of sulfonamides is 1. The third kappa shape index (κ3) is 18.9. The van der Waals surface area contributed by atoms with Crippen molar-refractivity contribution in [1.82, 2.24) is 0 Å². The zero-order chi connectivity index (χ0) is 19.7. The van der Waals surface area contributed by atoms with Crippen LogP contribution >= 0.6 is 23.1 Å². The van der Waals surface area contributed by atoms with Crippen LogP contribution in [-0.4, -0.2) is 29.3 Å². The van der Waals surface area contributed by atoms with Crippen LogP contribution in [0.25, 0.3) is 0 Å². The third-order valence-corrected chi connectivity index (χ3v) is 2.97. The van der Waals surface area contributed by atoms with Crippen molar-refractivity contribution in [3.8, 4) is 0 Å². The fourth-order valence-electron chi connectivity index (χ4n) is 1.59. The molecule has 0 aliphatic carbocycles. The van der Waals surface area contributed by atoms with Gasteiger partial charge in [-0.05, 0) is 49.2 Å². The number of benzene rings is 2. The number of nitrogens with one attached hydrogen (secondary N) is 1. The van der Waals surface area contributed by atoms with Crippen molar-refractivity contribution in [2.75, 3.05) is 23.0 Å². The lowest BCUT2D eigenvalue weighted by molar-refractivity contribution is 0.606. The molecule has 2 aromatic rings. The fourth-order valence-corrected chi connectivity index (χ4v) is 2.15. The van der Waals surface area contributed by atoms with Gasteiger partial charge in [0, 0.05) is 22.1 Å². The Morgan fingerprint density at radius 3 is 1.62 bits per heavy atom. The number of aryl methyl sites for hydroxylation is 2. The molecule has 10 heteroatoms. The Morgan fingerprint density at radius 1 is 0.885 bits per heavy atom. The van der Waals surface area contributed by atoms with Gasteiger partial charge in [-0.3, -0.25) is 4.72 Å². The van der Waals surface area contributed by atoms with Crippen LogP contribution < -0.4 is 10.5 Å². The van der Waals surface area contributed by atoms with E-state index in [1.165, 1.54) is 5.56 Å². The van der Waals surface area contributed by atoms with Crippen LogP contribution in [0.2, 0.25) is 0 Å². The maximum Gasteiger partial charge on any atom is 0.229 e. The van der Waals surface area contributed by atoms with Gasteiger partial charge in [-0.1, -0.05) is 24.3 Å². The maximum atomic E-state index is 10.8. The van der Waals surface area contributed by atoms with E-state index in [0.29, 0.717) is 5.69 Å². The standard InChI is InChI=1S/C8H11NO2S.C7H9N.CH3ClO2S.ClH/c1-7-4-3-5-8(6-7)9-12(2,10)11;1-6-3-2-4-7(8)5-6;1-5(2,3)4;/h3-6,9H,1-2H3;2-5H,8H2,1H3;1H3;1H. The van der Waals surface area contributed by atoms with E-state index in [1.807, 2.05) is 50.2 Å². The molecule has 0 unspecified atom stereocenters. The van der Waals surface area contributed by atoms with Gasteiger partial charge in [0.2, 0.25) is 19.1 Å². The highest BCUT2D eigenvalue weighted by Gasteiger charge is 2.00. The molecule has 3 N–H and O–H groups in total. The van der Waals surface area contributed by atoms with E-state index in [4.69, 9.17) is 5.73 Å². The van der Waals surface area contributed by atoms with E-state index < -0.39 is 19.1 Å². The van der Waals surface area contributed by atoms with Crippen LogP contribution in [0.1, 0.15) is 11.1 Å². The van der Waals surface area contributed by atoms with Crippen LogP contribution in [0.5, 0.6) is 0 Å². The molecule has 2 aromatic carbocycles. The molecule has 0 aliphatic heterocycles. The van der Waals surface area contributed by atoms with E-state index in [0.717, 1.165) is 23.8 Å². The monoisotopic (exact) mass is 442 g/mol. The molecule has 0 amide bonds. The lowest BCUT2D eigenvalue weighted by Crippen LogP contribution is -2.09. The highest BCUT2D eigenvalue weighted by molar-refractivity contribution is 8.13. The van der Waals surface area contributed by atoms with Crippen molar-refractivity contribution in [2.45, 2.75) is 13.8 Å². The summed E-state index contributed by atoms with van der Waals surface area (Å²) < 4.78 is 42.8. The van der Waals surface area contributed by atoms with Crippen molar-refractivity contribution in [3.63, 3.8) is 0 Å². The largest absolute Gasteiger partial charge is 0.399 e. The number of hydrogen-bond acceptors (Lipinski definition) is 5. The molecular weight excluding hydrogens is 419 g/mol. The Kier molecular flexibility index (Phi) is 12.4. The van der Waals surface area contributed by atoms with E-state index in [9.17, 15) is 16.8 Å². The Morgan fingerprint density at radius 2 is 1.31 bits per heavy atom. The molecule has 148 valence electrons. The van der Waals surface area contributed by atoms with Crippen molar-refractivity contribution < 1.29 is 16.8 Å². The summed E-state index contributed by atoms with van der Waals surface area (Å²) in [5.74, 6) is 0. The molecule has 6 nitrogen and oxygen atoms in total. The molecule has 0 aromatic heterocycles. The van der Waals surface area contributed by atoms with Gasteiger partial charge >= 0.3 is 0 Å². The second kappa shape index (κ2) is 12.0. The van der Waals surface area contributed by atoms with Gasteiger partial charge in [0.15, 0.2) is 0 Å². The van der Waals surface area contributed by atoms with E-state index in [2.05, 4.69) is 15.4 Å². The molecule has 0 fully saturated rings. The molecule has 26 heavy (non-hydrogen) atoms. The van der Waals surface area contributed by atoms with E-state index in [1.54, 1.807) is 12.1 Å². The minimum absolute atomic E-state index is 0. The molecule has 0 bridgehead atoms. The molecule has 2 rings (SSSR count). The summed E-state index contributed by atoms with van der Waals surface area (Å²) in [4.78, 5) is 0. The summed E-state index contributed by atoms with van der Waals surface area (Å²) in [5, 5.41) is 0.